The average Bonchev–Trinajstić information content (AvgIpc) is 2.94. The smallest absolute Gasteiger partial charge is 0.272 e. The number of nitrogens with two attached hydrogens (primary N) is 1. The molecular formula is C28H37N5O3. The van der Waals surface area contributed by atoms with E-state index in [1.807, 2.05) is 87.3 Å². The van der Waals surface area contributed by atoms with E-state index in [9.17, 15) is 14.4 Å². The second-order valence-electron chi connectivity index (χ2n) is 9.08. The fourth-order valence-corrected chi connectivity index (χ4v) is 3.99. The number of para-hydroxylation sites is 2. The molecule has 0 saturated heterocycles. The molecule has 8 heteroatoms. The van der Waals surface area contributed by atoms with Crippen molar-refractivity contribution in [2.24, 2.45) is 22.6 Å². The molecule has 1 aliphatic heterocycles. The van der Waals surface area contributed by atoms with E-state index in [2.05, 4.69) is 11.9 Å². The Balaban J connectivity index is 0.00000145. The number of rotatable bonds is 7. The third kappa shape index (κ3) is 7.28. The van der Waals surface area contributed by atoms with E-state index in [0.717, 1.165) is 11.3 Å². The third-order valence-electron chi connectivity index (χ3n) is 5.64. The van der Waals surface area contributed by atoms with Crippen LogP contribution in [-0.4, -0.2) is 43.8 Å². The minimum absolute atomic E-state index is 0.0819. The van der Waals surface area contributed by atoms with E-state index in [1.54, 1.807) is 13.1 Å². The normalized spacial score (nSPS) is 15.5. The molecule has 2 aromatic rings. The van der Waals surface area contributed by atoms with Crippen LogP contribution in [0, 0.1) is 11.8 Å². The molecule has 8 nitrogen and oxygen atoms in total. The van der Waals surface area contributed by atoms with Crippen LogP contribution in [0.25, 0.3) is 0 Å². The van der Waals surface area contributed by atoms with Crippen LogP contribution in [0.1, 0.15) is 39.2 Å². The summed E-state index contributed by atoms with van der Waals surface area (Å²) < 4.78 is 0. The molecule has 0 spiro atoms. The highest BCUT2D eigenvalue weighted by Gasteiger charge is 2.33. The van der Waals surface area contributed by atoms with Gasteiger partial charge in [0, 0.05) is 37.7 Å². The van der Waals surface area contributed by atoms with Crippen LogP contribution in [0.2, 0.25) is 0 Å². The lowest BCUT2D eigenvalue weighted by Gasteiger charge is -2.23. The second-order valence-corrected chi connectivity index (χ2v) is 9.08. The molecule has 0 fully saturated rings. The van der Waals surface area contributed by atoms with E-state index < -0.39 is 23.9 Å². The van der Waals surface area contributed by atoms with Crippen molar-refractivity contribution in [3.05, 3.63) is 72.8 Å². The zero-order chi connectivity index (χ0) is 26.8. The number of benzene rings is 2. The molecule has 3 amide bonds. The first kappa shape index (κ1) is 28.3. The number of amides is 3. The van der Waals surface area contributed by atoms with Gasteiger partial charge in [-0.2, -0.15) is 0 Å². The number of anilines is 2. The highest BCUT2D eigenvalue weighted by atomic mass is 16.2. The van der Waals surface area contributed by atoms with Crippen LogP contribution in [-0.2, 0) is 14.4 Å². The first-order valence-corrected chi connectivity index (χ1v) is 12.0. The number of carbonyl (C=O) groups excluding carboxylic acids is 3. The van der Waals surface area contributed by atoms with Gasteiger partial charge in [0.2, 0.25) is 18.0 Å². The van der Waals surface area contributed by atoms with Gasteiger partial charge in [-0.25, -0.2) is 4.99 Å². The Bertz CT molecular complexity index is 1100. The van der Waals surface area contributed by atoms with Crippen molar-refractivity contribution < 1.29 is 14.4 Å². The van der Waals surface area contributed by atoms with Gasteiger partial charge in [-0.3, -0.25) is 14.4 Å². The topological polar surface area (TPSA) is 108 Å². The van der Waals surface area contributed by atoms with E-state index >= 15 is 0 Å². The molecule has 0 radical (unpaired) electrons. The van der Waals surface area contributed by atoms with Crippen LogP contribution in [0.15, 0.2) is 72.2 Å². The minimum atomic E-state index is -1.14. The molecule has 0 aromatic heterocycles. The Morgan fingerprint density at radius 2 is 1.75 bits per heavy atom. The molecule has 1 aliphatic rings. The Kier molecular flexibility index (Phi) is 10.4. The number of nitrogens with zero attached hydrogens (tertiary/aromatic N) is 3. The minimum Gasteiger partial charge on any atom is -0.370 e. The van der Waals surface area contributed by atoms with Gasteiger partial charge < -0.3 is 20.9 Å². The van der Waals surface area contributed by atoms with Crippen LogP contribution in [0.5, 0.6) is 0 Å². The Labute approximate surface area is 213 Å². The molecule has 2 atom stereocenters. The van der Waals surface area contributed by atoms with Gasteiger partial charge in [0.15, 0.2) is 0 Å². The molecule has 3 N–H and O–H groups in total. The highest BCUT2D eigenvalue weighted by Crippen LogP contribution is 2.27. The molecule has 3 rings (SSSR count). The van der Waals surface area contributed by atoms with Crippen molar-refractivity contribution in [3.63, 3.8) is 0 Å². The molecule has 2 aromatic carbocycles. The van der Waals surface area contributed by atoms with Gasteiger partial charge in [0.1, 0.15) is 5.84 Å². The van der Waals surface area contributed by atoms with Gasteiger partial charge in [-0.1, -0.05) is 50.3 Å². The molecule has 0 bridgehead atoms. The summed E-state index contributed by atoms with van der Waals surface area (Å²) in [5.41, 5.74) is 7.72. The second kappa shape index (κ2) is 13.2. The van der Waals surface area contributed by atoms with Crippen molar-refractivity contribution in [3.8, 4) is 0 Å². The molecule has 0 saturated carbocycles. The van der Waals surface area contributed by atoms with E-state index in [4.69, 9.17) is 10.7 Å². The predicted molar refractivity (Wildman–Crippen MR) is 146 cm³/mol. The number of carbonyl (C=O) groups is 3. The van der Waals surface area contributed by atoms with Crippen LogP contribution >= 0.6 is 0 Å². The number of benzodiazepines with no additional fused rings is 1. The lowest BCUT2D eigenvalue weighted by molar-refractivity contribution is -0.132. The highest BCUT2D eigenvalue weighted by molar-refractivity contribution is 6.17. The van der Waals surface area contributed by atoms with Gasteiger partial charge in [-0.15, -0.1) is 6.58 Å². The number of fused-ring (bicyclic) bond motifs is 1. The summed E-state index contributed by atoms with van der Waals surface area (Å²) in [5.74, 6) is -1.23. The maximum Gasteiger partial charge on any atom is 0.272 e. The maximum atomic E-state index is 13.3. The lowest BCUT2D eigenvalue weighted by atomic mass is 9.93. The first-order valence-electron chi connectivity index (χ1n) is 12.0. The number of hydrogen-bond acceptors (Lipinski definition) is 5. The molecule has 1 heterocycles. The lowest BCUT2D eigenvalue weighted by Crippen LogP contribution is -2.48. The number of primary amides is 1. The zero-order valence-electron chi connectivity index (χ0n) is 21.8. The average molecular weight is 492 g/mol. The summed E-state index contributed by atoms with van der Waals surface area (Å²) in [7, 11) is 3.53. The standard InChI is InChI=1S/C25H31N5O3.C3H6/c1-16(2)14-17(15-21(26)31)24(32)28-22-25(33)30(4)20-13-9-8-12-19(20)23(27-22)29(3)18-10-6-5-7-11-18;1-3-2/h5-13,16-17,22H,14-15H2,1-4H3,(H2,26,31)(H,28,32);3H,1H2,2H3. The molecular weight excluding hydrogens is 454 g/mol. The summed E-state index contributed by atoms with van der Waals surface area (Å²) in [6.45, 7) is 9.18. The van der Waals surface area contributed by atoms with Crippen LogP contribution in [0.3, 0.4) is 0 Å². The Hall–Kier alpha value is -3.94. The van der Waals surface area contributed by atoms with Crippen LogP contribution in [0.4, 0.5) is 11.4 Å². The maximum absolute atomic E-state index is 13.3. The van der Waals surface area contributed by atoms with Crippen molar-refractivity contribution in [2.45, 2.75) is 39.8 Å². The largest absolute Gasteiger partial charge is 0.370 e. The van der Waals surface area contributed by atoms with Crippen molar-refractivity contribution in [1.29, 1.82) is 0 Å². The fourth-order valence-electron chi connectivity index (χ4n) is 3.99. The third-order valence-corrected chi connectivity index (χ3v) is 5.64. The van der Waals surface area contributed by atoms with E-state index in [1.165, 1.54) is 4.90 Å². The molecule has 192 valence electrons. The summed E-state index contributed by atoms with van der Waals surface area (Å²) in [6, 6.07) is 17.1. The monoisotopic (exact) mass is 491 g/mol. The summed E-state index contributed by atoms with van der Waals surface area (Å²) in [6.07, 6.45) is 1.01. The fraction of sp³-hybridized carbons (Fsp3) is 0.357. The molecule has 0 aliphatic carbocycles. The number of hydrogen-bond donors (Lipinski definition) is 2. The van der Waals surface area contributed by atoms with Gasteiger partial charge in [0.25, 0.3) is 5.91 Å². The first-order chi connectivity index (χ1) is 17.1. The number of amidine groups is 1. The van der Waals surface area contributed by atoms with E-state index in [-0.39, 0.29) is 18.2 Å². The number of aliphatic imine (C=N–C) groups is 1. The number of nitrogens with one attached hydrogen (secondary N) is 1. The van der Waals surface area contributed by atoms with Gasteiger partial charge in [0.05, 0.1) is 5.69 Å². The van der Waals surface area contributed by atoms with Crippen molar-refractivity contribution in [2.75, 3.05) is 23.9 Å². The summed E-state index contributed by atoms with van der Waals surface area (Å²) in [4.78, 5) is 46.0. The Morgan fingerprint density at radius 1 is 1.17 bits per heavy atom. The van der Waals surface area contributed by atoms with Crippen molar-refractivity contribution >= 4 is 34.9 Å². The Morgan fingerprint density at radius 3 is 2.33 bits per heavy atom. The summed E-state index contributed by atoms with van der Waals surface area (Å²) >= 11 is 0. The van der Waals surface area contributed by atoms with Gasteiger partial charge >= 0.3 is 0 Å². The quantitative estimate of drug-likeness (QED) is 0.576. The molecule has 2 unspecified atom stereocenters. The SMILES string of the molecule is C=CC.CC(C)CC(CC(N)=O)C(=O)NC1N=C(N(C)c2ccccc2)c2ccccc2N(C)C1=O. The summed E-state index contributed by atoms with van der Waals surface area (Å²) in [5, 5.41) is 2.77. The van der Waals surface area contributed by atoms with Crippen molar-refractivity contribution in [1.82, 2.24) is 5.32 Å². The van der Waals surface area contributed by atoms with Gasteiger partial charge in [-0.05, 0) is 43.5 Å². The van der Waals surface area contributed by atoms with E-state index in [0.29, 0.717) is 17.9 Å². The zero-order valence-corrected chi connectivity index (χ0v) is 21.8. The molecule has 36 heavy (non-hydrogen) atoms. The van der Waals surface area contributed by atoms with Crippen LogP contribution < -0.4 is 20.9 Å². The number of allylic oxidation sites excluding steroid dienone is 1. The predicted octanol–water partition coefficient (Wildman–Crippen LogP) is 3.72. The number of likely N-dealkylation sites (N-methyl/N-ethyl adjacent to an activating group) is 1.